The smallest absolute Gasteiger partial charge is 0.383 e. The van der Waals surface area contributed by atoms with Gasteiger partial charge in [-0.3, -0.25) is 0 Å². The summed E-state index contributed by atoms with van der Waals surface area (Å²) >= 11 is 0. The lowest BCUT2D eigenvalue weighted by Crippen LogP contribution is -2.21. The maximum Gasteiger partial charge on any atom is 0.416 e. The van der Waals surface area contributed by atoms with Crippen molar-refractivity contribution >= 4 is 5.69 Å². The Hall–Kier alpha value is -1.30. The van der Waals surface area contributed by atoms with Crippen molar-refractivity contribution in [2.45, 2.75) is 19.1 Å². The zero-order chi connectivity index (χ0) is 13.1. The summed E-state index contributed by atoms with van der Waals surface area (Å²) in [6, 6.07) is 2.20. The summed E-state index contributed by atoms with van der Waals surface area (Å²) in [7, 11) is 1.49. The predicted molar refractivity (Wildman–Crippen MR) is 56.4 cm³/mol. The molecule has 0 spiro atoms. The molecular formula is C11H13F4NO. The normalized spacial score (nSPS) is 13.5. The molecule has 1 atom stereocenters. The van der Waals surface area contributed by atoms with Crippen LogP contribution in [0.3, 0.4) is 0 Å². The van der Waals surface area contributed by atoms with E-state index in [-0.39, 0.29) is 11.7 Å². The molecule has 0 amide bonds. The second-order valence-electron chi connectivity index (χ2n) is 3.69. The first-order valence-corrected chi connectivity index (χ1v) is 4.97. The van der Waals surface area contributed by atoms with Crippen molar-refractivity contribution in [3.05, 3.63) is 29.6 Å². The third-order valence-electron chi connectivity index (χ3n) is 2.11. The molecule has 0 aliphatic heterocycles. The first-order chi connectivity index (χ1) is 7.84. The number of nitrogens with one attached hydrogen (secondary N) is 1. The van der Waals surface area contributed by atoms with Crippen LogP contribution in [0, 0.1) is 5.82 Å². The molecule has 17 heavy (non-hydrogen) atoms. The summed E-state index contributed by atoms with van der Waals surface area (Å²) in [5, 5.41) is 2.72. The van der Waals surface area contributed by atoms with Crippen molar-refractivity contribution in [1.82, 2.24) is 0 Å². The molecule has 1 unspecified atom stereocenters. The summed E-state index contributed by atoms with van der Waals surface area (Å²) in [4.78, 5) is 0. The van der Waals surface area contributed by atoms with Gasteiger partial charge >= 0.3 is 6.18 Å². The molecule has 1 aromatic carbocycles. The maximum absolute atomic E-state index is 13.4. The second-order valence-corrected chi connectivity index (χ2v) is 3.69. The van der Waals surface area contributed by atoms with Crippen LogP contribution in [0.25, 0.3) is 0 Å². The highest BCUT2D eigenvalue weighted by molar-refractivity contribution is 5.47. The number of benzene rings is 1. The van der Waals surface area contributed by atoms with Gasteiger partial charge in [-0.25, -0.2) is 4.39 Å². The monoisotopic (exact) mass is 251 g/mol. The lowest BCUT2D eigenvalue weighted by molar-refractivity contribution is -0.137. The Labute approximate surface area is 96.6 Å². The van der Waals surface area contributed by atoms with E-state index < -0.39 is 17.6 Å². The minimum absolute atomic E-state index is 0.0301. The van der Waals surface area contributed by atoms with Gasteiger partial charge in [-0.2, -0.15) is 13.2 Å². The van der Waals surface area contributed by atoms with E-state index in [1.165, 1.54) is 7.11 Å². The third-order valence-corrected chi connectivity index (χ3v) is 2.11. The van der Waals surface area contributed by atoms with Crippen LogP contribution >= 0.6 is 0 Å². The molecule has 0 saturated carbocycles. The summed E-state index contributed by atoms with van der Waals surface area (Å²) in [6.07, 6.45) is -4.53. The fraction of sp³-hybridized carbons (Fsp3) is 0.455. The van der Waals surface area contributed by atoms with E-state index in [0.717, 1.165) is 12.1 Å². The fourth-order valence-electron chi connectivity index (χ4n) is 1.37. The van der Waals surface area contributed by atoms with Gasteiger partial charge in [0, 0.05) is 13.2 Å². The first-order valence-electron chi connectivity index (χ1n) is 4.97. The first kappa shape index (κ1) is 13.8. The summed E-state index contributed by atoms with van der Waals surface area (Å²) in [5.41, 5.74) is -0.970. The number of halogens is 4. The Bertz CT molecular complexity index is 378. The zero-order valence-corrected chi connectivity index (χ0v) is 9.44. The SMILES string of the molecule is COCC(C)Nc1ccc(C(F)(F)F)cc1F. The Morgan fingerprint density at radius 3 is 2.47 bits per heavy atom. The summed E-state index contributed by atoms with van der Waals surface area (Å²) < 4.78 is 55.0. The molecule has 1 N–H and O–H groups in total. The van der Waals surface area contributed by atoms with E-state index in [1.54, 1.807) is 6.92 Å². The van der Waals surface area contributed by atoms with Crippen LogP contribution in [0.2, 0.25) is 0 Å². The number of hydrogen-bond donors (Lipinski definition) is 1. The lowest BCUT2D eigenvalue weighted by atomic mass is 10.2. The molecule has 1 aromatic rings. The topological polar surface area (TPSA) is 21.3 Å². The number of methoxy groups -OCH3 is 1. The highest BCUT2D eigenvalue weighted by atomic mass is 19.4. The van der Waals surface area contributed by atoms with Crippen LogP contribution < -0.4 is 5.32 Å². The molecule has 1 rings (SSSR count). The summed E-state index contributed by atoms with van der Waals surface area (Å²) in [5.74, 6) is -0.928. The highest BCUT2D eigenvalue weighted by Gasteiger charge is 2.31. The van der Waals surface area contributed by atoms with Crippen molar-refractivity contribution < 1.29 is 22.3 Å². The molecule has 0 bridgehead atoms. The Morgan fingerprint density at radius 1 is 1.35 bits per heavy atom. The van der Waals surface area contributed by atoms with Crippen LogP contribution in [0.5, 0.6) is 0 Å². The van der Waals surface area contributed by atoms with E-state index in [9.17, 15) is 17.6 Å². The average molecular weight is 251 g/mol. The van der Waals surface area contributed by atoms with Crippen LogP contribution in [0.15, 0.2) is 18.2 Å². The highest BCUT2D eigenvalue weighted by Crippen LogP contribution is 2.31. The predicted octanol–water partition coefficient (Wildman–Crippen LogP) is 3.29. The van der Waals surface area contributed by atoms with Crippen LogP contribution in [0.1, 0.15) is 12.5 Å². The van der Waals surface area contributed by atoms with Gasteiger partial charge in [0.25, 0.3) is 0 Å². The van der Waals surface area contributed by atoms with Crippen molar-refractivity contribution in [3.8, 4) is 0 Å². The van der Waals surface area contributed by atoms with Gasteiger partial charge in [0.2, 0.25) is 0 Å². The Balaban J connectivity index is 2.83. The van der Waals surface area contributed by atoms with E-state index in [1.807, 2.05) is 0 Å². The molecule has 96 valence electrons. The largest absolute Gasteiger partial charge is 0.416 e. The van der Waals surface area contributed by atoms with Gasteiger partial charge in [0.15, 0.2) is 0 Å². The van der Waals surface area contributed by atoms with E-state index in [4.69, 9.17) is 4.74 Å². The van der Waals surface area contributed by atoms with E-state index >= 15 is 0 Å². The molecule has 0 radical (unpaired) electrons. The van der Waals surface area contributed by atoms with Gasteiger partial charge in [-0.15, -0.1) is 0 Å². The molecule has 0 saturated heterocycles. The second kappa shape index (κ2) is 5.35. The van der Waals surface area contributed by atoms with Gasteiger partial charge in [-0.05, 0) is 25.1 Å². The van der Waals surface area contributed by atoms with Crippen LogP contribution in [0.4, 0.5) is 23.2 Å². The molecule has 0 fully saturated rings. The quantitative estimate of drug-likeness (QED) is 0.829. The molecule has 2 nitrogen and oxygen atoms in total. The Kier molecular flexibility index (Phi) is 4.34. The minimum Gasteiger partial charge on any atom is -0.383 e. The minimum atomic E-state index is -4.53. The molecule has 0 aliphatic rings. The summed E-state index contributed by atoms with van der Waals surface area (Å²) in [6.45, 7) is 2.07. The van der Waals surface area contributed by atoms with Crippen molar-refractivity contribution in [2.24, 2.45) is 0 Å². The van der Waals surface area contributed by atoms with Crippen LogP contribution in [-0.4, -0.2) is 19.8 Å². The van der Waals surface area contributed by atoms with E-state index in [2.05, 4.69) is 5.32 Å². The molecular weight excluding hydrogens is 238 g/mol. The van der Waals surface area contributed by atoms with E-state index in [0.29, 0.717) is 12.7 Å². The maximum atomic E-state index is 13.4. The molecule has 6 heteroatoms. The number of alkyl halides is 3. The zero-order valence-electron chi connectivity index (χ0n) is 9.44. The number of rotatable bonds is 4. The van der Waals surface area contributed by atoms with Gasteiger partial charge in [0.1, 0.15) is 5.82 Å². The fourth-order valence-corrected chi connectivity index (χ4v) is 1.37. The molecule has 0 aromatic heterocycles. The third kappa shape index (κ3) is 3.89. The Morgan fingerprint density at radius 2 is 2.00 bits per heavy atom. The molecule has 0 heterocycles. The number of ether oxygens (including phenoxy) is 1. The average Bonchev–Trinajstić information content (AvgIpc) is 2.20. The van der Waals surface area contributed by atoms with Crippen molar-refractivity contribution in [2.75, 3.05) is 19.0 Å². The van der Waals surface area contributed by atoms with Crippen molar-refractivity contribution in [3.63, 3.8) is 0 Å². The lowest BCUT2D eigenvalue weighted by Gasteiger charge is -2.15. The van der Waals surface area contributed by atoms with Gasteiger partial charge in [-0.1, -0.05) is 0 Å². The molecule has 0 aliphatic carbocycles. The standard InChI is InChI=1S/C11H13F4NO/c1-7(6-17-2)16-10-4-3-8(5-9(10)12)11(13,14)15/h3-5,7,16H,6H2,1-2H3. The van der Waals surface area contributed by atoms with Gasteiger partial charge < -0.3 is 10.1 Å². The number of hydrogen-bond acceptors (Lipinski definition) is 2. The van der Waals surface area contributed by atoms with Crippen LogP contribution in [-0.2, 0) is 10.9 Å². The number of anilines is 1. The van der Waals surface area contributed by atoms with Gasteiger partial charge in [0.05, 0.1) is 17.9 Å². The van der Waals surface area contributed by atoms with Crippen molar-refractivity contribution in [1.29, 1.82) is 0 Å².